The summed E-state index contributed by atoms with van der Waals surface area (Å²) < 4.78 is 6.26. The van der Waals surface area contributed by atoms with Gasteiger partial charge in [0.1, 0.15) is 0 Å². The summed E-state index contributed by atoms with van der Waals surface area (Å²) in [5, 5.41) is 0. The Morgan fingerprint density at radius 3 is 1.15 bits per heavy atom. The second-order valence-corrected chi connectivity index (χ2v) is 7.73. The fraction of sp³-hybridized carbons (Fsp3) is 0.538. The molecule has 0 N–H and O–H groups in total. The molecule has 0 aliphatic heterocycles. The molecule has 0 aliphatic rings. The molecule has 148 valence electrons. The number of benzene rings is 2. The van der Waals surface area contributed by atoms with Gasteiger partial charge in [-0.1, -0.05) is 77.9 Å². The molecule has 27 heavy (non-hydrogen) atoms. The third kappa shape index (κ3) is 5.23. The molecule has 2 aromatic carbocycles. The predicted molar refractivity (Wildman–Crippen MR) is 118 cm³/mol. The fourth-order valence-corrected chi connectivity index (χ4v) is 4.42. The van der Waals surface area contributed by atoms with Crippen LogP contribution in [0.5, 0.6) is 0 Å². The molecule has 0 heterocycles. The largest absolute Gasteiger partial charge is 0.380 e. The maximum atomic E-state index is 6.26. The van der Waals surface area contributed by atoms with Gasteiger partial charge in [-0.3, -0.25) is 0 Å². The number of ether oxygens (including phenoxy) is 1. The van der Waals surface area contributed by atoms with Crippen LogP contribution in [0.3, 0.4) is 0 Å². The van der Waals surface area contributed by atoms with Gasteiger partial charge in [-0.25, -0.2) is 0 Å². The summed E-state index contributed by atoms with van der Waals surface area (Å²) in [6, 6.07) is 13.5. The van der Waals surface area contributed by atoms with Gasteiger partial charge in [0.2, 0.25) is 0 Å². The minimum atomic E-state index is 0.440. The van der Waals surface area contributed by atoms with Crippen LogP contribution >= 0.6 is 0 Å². The van der Waals surface area contributed by atoms with Crippen molar-refractivity contribution in [1.29, 1.82) is 0 Å². The molecule has 1 heteroatoms. The van der Waals surface area contributed by atoms with E-state index >= 15 is 0 Å². The molecule has 2 rings (SSSR count). The molecular formula is C26H38O. The summed E-state index contributed by atoms with van der Waals surface area (Å²) >= 11 is 0. The summed E-state index contributed by atoms with van der Waals surface area (Å²) in [6.07, 6.45) is 4.36. The molecule has 1 nitrogen and oxygen atoms in total. The van der Waals surface area contributed by atoms with Crippen LogP contribution in [0.1, 0.15) is 86.8 Å². The molecule has 0 spiro atoms. The summed E-state index contributed by atoms with van der Waals surface area (Å²) in [5.74, 6) is 0.880. The van der Waals surface area contributed by atoms with Gasteiger partial charge in [0, 0.05) is 11.8 Å². The molecule has 0 aromatic heterocycles. The molecule has 0 fully saturated rings. The van der Waals surface area contributed by atoms with Gasteiger partial charge in [0.15, 0.2) is 0 Å². The number of hydrogen-bond donors (Lipinski definition) is 0. The molecule has 2 unspecified atom stereocenters. The first-order chi connectivity index (χ1) is 13.1. The smallest absolute Gasteiger partial charge is 0.0532 e. The van der Waals surface area contributed by atoms with E-state index in [2.05, 4.69) is 77.9 Å². The van der Waals surface area contributed by atoms with E-state index in [-0.39, 0.29) is 0 Å². The summed E-state index contributed by atoms with van der Waals surface area (Å²) in [7, 11) is 0. The van der Waals surface area contributed by atoms with E-state index in [1.807, 2.05) is 0 Å². The highest BCUT2D eigenvalue weighted by atomic mass is 16.5. The lowest BCUT2D eigenvalue weighted by Gasteiger charge is -2.23. The second-order valence-electron chi connectivity index (χ2n) is 7.73. The third-order valence-corrected chi connectivity index (χ3v) is 5.82. The highest BCUT2D eigenvalue weighted by Gasteiger charge is 2.17. The van der Waals surface area contributed by atoms with Crippen LogP contribution in [0, 0.1) is 0 Å². The van der Waals surface area contributed by atoms with Crippen molar-refractivity contribution < 1.29 is 4.74 Å². The molecule has 0 aliphatic carbocycles. The van der Waals surface area contributed by atoms with Crippen LogP contribution in [0.2, 0.25) is 0 Å². The topological polar surface area (TPSA) is 9.23 Å². The zero-order valence-electron chi connectivity index (χ0n) is 18.3. The SMILES string of the molecule is CCc1cccc(CC)c1C(C)COCC(C)c1c(CC)cccc1CC. The second kappa shape index (κ2) is 10.7. The summed E-state index contributed by atoms with van der Waals surface area (Å²) in [4.78, 5) is 0. The van der Waals surface area contributed by atoms with Gasteiger partial charge in [-0.2, -0.15) is 0 Å². The number of rotatable bonds is 10. The van der Waals surface area contributed by atoms with E-state index in [1.165, 1.54) is 33.4 Å². The Hall–Kier alpha value is -1.60. The molecular weight excluding hydrogens is 328 g/mol. The lowest BCUT2D eigenvalue weighted by Crippen LogP contribution is -2.14. The highest BCUT2D eigenvalue weighted by molar-refractivity contribution is 5.39. The fourth-order valence-electron chi connectivity index (χ4n) is 4.42. The van der Waals surface area contributed by atoms with Crippen molar-refractivity contribution in [3.8, 4) is 0 Å². The first-order valence-electron chi connectivity index (χ1n) is 10.9. The average Bonchev–Trinajstić information content (AvgIpc) is 2.71. The number of hydrogen-bond acceptors (Lipinski definition) is 1. The zero-order chi connectivity index (χ0) is 19.8. The Balaban J connectivity index is 2.07. The molecule has 0 radical (unpaired) electrons. The minimum Gasteiger partial charge on any atom is -0.380 e. The van der Waals surface area contributed by atoms with E-state index in [0.717, 1.165) is 38.9 Å². The molecule has 0 saturated heterocycles. The molecule has 2 atom stereocenters. The van der Waals surface area contributed by atoms with Crippen LogP contribution in [-0.2, 0) is 30.4 Å². The molecule has 0 saturated carbocycles. The van der Waals surface area contributed by atoms with Gasteiger partial charge in [-0.15, -0.1) is 0 Å². The van der Waals surface area contributed by atoms with E-state index < -0.39 is 0 Å². The van der Waals surface area contributed by atoms with Crippen molar-refractivity contribution in [2.24, 2.45) is 0 Å². The van der Waals surface area contributed by atoms with Crippen LogP contribution in [0.25, 0.3) is 0 Å². The highest BCUT2D eigenvalue weighted by Crippen LogP contribution is 2.28. The predicted octanol–water partition coefficient (Wildman–Crippen LogP) is 6.86. The van der Waals surface area contributed by atoms with Crippen molar-refractivity contribution in [1.82, 2.24) is 0 Å². The molecule has 2 aromatic rings. The first-order valence-corrected chi connectivity index (χ1v) is 10.9. The Morgan fingerprint density at radius 1 is 0.593 bits per heavy atom. The molecule has 0 bridgehead atoms. The Labute approximate surface area is 167 Å². The van der Waals surface area contributed by atoms with Crippen molar-refractivity contribution in [2.75, 3.05) is 13.2 Å². The van der Waals surface area contributed by atoms with E-state index in [1.54, 1.807) is 0 Å². The maximum absolute atomic E-state index is 6.26. The lowest BCUT2D eigenvalue weighted by molar-refractivity contribution is 0.113. The standard InChI is InChI=1S/C26H38O/c1-7-21-13-11-14-22(8-2)25(21)19(5)17-27-18-20(6)26-23(9-3)15-12-16-24(26)10-4/h11-16,19-20H,7-10,17-18H2,1-6H3. The summed E-state index contributed by atoms with van der Waals surface area (Å²) in [6.45, 7) is 15.2. The third-order valence-electron chi connectivity index (χ3n) is 5.82. The van der Waals surface area contributed by atoms with Crippen LogP contribution in [0.4, 0.5) is 0 Å². The quantitative estimate of drug-likeness (QED) is 0.446. The van der Waals surface area contributed by atoms with Gasteiger partial charge in [0.25, 0.3) is 0 Å². The normalized spacial score (nSPS) is 13.6. The Morgan fingerprint density at radius 2 is 0.889 bits per heavy atom. The van der Waals surface area contributed by atoms with Gasteiger partial charge in [0.05, 0.1) is 13.2 Å². The first kappa shape index (κ1) is 21.7. The van der Waals surface area contributed by atoms with E-state index in [4.69, 9.17) is 4.74 Å². The van der Waals surface area contributed by atoms with Crippen molar-refractivity contribution >= 4 is 0 Å². The van der Waals surface area contributed by atoms with Crippen molar-refractivity contribution in [3.05, 3.63) is 69.8 Å². The van der Waals surface area contributed by atoms with Crippen LogP contribution < -0.4 is 0 Å². The molecule has 0 amide bonds. The van der Waals surface area contributed by atoms with Crippen LogP contribution in [0.15, 0.2) is 36.4 Å². The minimum absolute atomic E-state index is 0.440. The maximum Gasteiger partial charge on any atom is 0.0532 e. The van der Waals surface area contributed by atoms with Crippen molar-refractivity contribution in [2.45, 2.75) is 79.1 Å². The monoisotopic (exact) mass is 366 g/mol. The number of aryl methyl sites for hydroxylation is 4. The van der Waals surface area contributed by atoms with Gasteiger partial charge < -0.3 is 4.74 Å². The lowest BCUT2D eigenvalue weighted by atomic mass is 9.88. The van der Waals surface area contributed by atoms with Gasteiger partial charge in [-0.05, 0) is 59.1 Å². The van der Waals surface area contributed by atoms with Gasteiger partial charge >= 0.3 is 0 Å². The van der Waals surface area contributed by atoms with E-state index in [0.29, 0.717) is 11.8 Å². The summed E-state index contributed by atoms with van der Waals surface area (Å²) in [5.41, 5.74) is 8.93. The Bertz CT molecular complexity index is 610. The average molecular weight is 367 g/mol. The van der Waals surface area contributed by atoms with Crippen LogP contribution in [-0.4, -0.2) is 13.2 Å². The Kier molecular flexibility index (Phi) is 8.57. The van der Waals surface area contributed by atoms with E-state index in [9.17, 15) is 0 Å². The van der Waals surface area contributed by atoms with Crippen molar-refractivity contribution in [3.63, 3.8) is 0 Å². The zero-order valence-corrected chi connectivity index (χ0v) is 18.3.